The molecule has 0 radical (unpaired) electrons. The van der Waals surface area contributed by atoms with Crippen LogP contribution in [0.2, 0.25) is 0 Å². The van der Waals surface area contributed by atoms with E-state index in [2.05, 4.69) is 23.5 Å². The summed E-state index contributed by atoms with van der Waals surface area (Å²) in [4.78, 5) is 34.0. The predicted molar refractivity (Wildman–Crippen MR) is 65.6 cm³/mol. The third-order valence-corrected chi connectivity index (χ3v) is 2.74. The van der Waals surface area contributed by atoms with Crippen LogP contribution in [0.25, 0.3) is 0 Å². The molecule has 1 atom stereocenters. The fourth-order valence-electron chi connectivity index (χ4n) is 1.69. The second-order valence-corrected chi connectivity index (χ2v) is 4.28. The second kappa shape index (κ2) is 7.65. The first kappa shape index (κ1) is 14.4. The van der Waals surface area contributed by atoms with Crippen molar-refractivity contribution in [2.24, 2.45) is 5.92 Å². The molecule has 0 amide bonds. The Kier molecular flexibility index (Phi) is 6.13. The largest absolute Gasteiger partial charge is 0.457 e. The monoisotopic (exact) mass is 250 g/mol. The smallest absolute Gasteiger partial charge is 0.324 e. The van der Waals surface area contributed by atoms with Crippen LogP contribution in [0.4, 0.5) is 0 Å². The first-order valence-corrected chi connectivity index (χ1v) is 6.34. The maximum atomic E-state index is 11.6. The van der Waals surface area contributed by atoms with Gasteiger partial charge in [-0.1, -0.05) is 13.3 Å². The Morgan fingerprint density at radius 2 is 1.94 bits per heavy atom. The molecule has 0 aromatic carbocycles. The van der Waals surface area contributed by atoms with Crippen LogP contribution in [0.3, 0.4) is 0 Å². The average molecular weight is 250 g/mol. The van der Waals surface area contributed by atoms with E-state index >= 15 is 0 Å². The number of carbonyl (C=O) groups is 3. The van der Waals surface area contributed by atoms with E-state index in [4.69, 9.17) is 0 Å². The van der Waals surface area contributed by atoms with Crippen molar-refractivity contribution in [3.05, 3.63) is 0 Å². The van der Waals surface area contributed by atoms with Crippen LogP contribution in [-0.4, -0.2) is 24.1 Å². The highest BCUT2D eigenvalue weighted by atomic mass is 16.5. The number of esters is 1. The number of ether oxygens (including phenoxy) is 1. The highest BCUT2D eigenvalue weighted by molar-refractivity contribution is 6.20. The van der Waals surface area contributed by atoms with Crippen LogP contribution < -0.4 is 0 Å². The van der Waals surface area contributed by atoms with Gasteiger partial charge >= 0.3 is 5.97 Å². The van der Waals surface area contributed by atoms with Crippen molar-refractivity contribution in [2.75, 3.05) is 6.61 Å². The Balaban J connectivity index is 2.22. The summed E-state index contributed by atoms with van der Waals surface area (Å²) in [5.41, 5.74) is 0. The van der Waals surface area contributed by atoms with Gasteiger partial charge < -0.3 is 4.74 Å². The van der Waals surface area contributed by atoms with E-state index in [-0.39, 0.29) is 18.8 Å². The molecule has 0 spiro atoms. The van der Waals surface area contributed by atoms with Gasteiger partial charge in [-0.25, -0.2) is 0 Å². The SMILES string of the molecule is CCCCC#CCCCC(=O)C1C(=O)COC1=O. The van der Waals surface area contributed by atoms with Crippen LogP contribution in [0, 0.1) is 17.8 Å². The van der Waals surface area contributed by atoms with Gasteiger partial charge in [0, 0.05) is 19.3 Å². The molecule has 1 saturated heterocycles. The molecule has 1 heterocycles. The van der Waals surface area contributed by atoms with Crippen molar-refractivity contribution in [3.8, 4) is 11.8 Å². The normalized spacial score (nSPS) is 18.2. The summed E-state index contributed by atoms with van der Waals surface area (Å²) >= 11 is 0. The summed E-state index contributed by atoms with van der Waals surface area (Å²) in [7, 11) is 0. The van der Waals surface area contributed by atoms with Gasteiger partial charge in [0.25, 0.3) is 0 Å². The molecule has 0 aromatic rings. The van der Waals surface area contributed by atoms with Gasteiger partial charge in [-0.05, 0) is 12.8 Å². The molecule has 4 nitrogen and oxygen atoms in total. The Hall–Kier alpha value is -1.63. The van der Waals surface area contributed by atoms with E-state index in [1.165, 1.54) is 0 Å². The van der Waals surface area contributed by atoms with Crippen molar-refractivity contribution in [2.45, 2.75) is 45.4 Å². The second-order valence-electron chi connectivity index (χ2n) is 4.28. The van der Waals surface area contributed by atoms with Crippen molar-refractivity contribution >= 4 is 17.5 Å². The minimum absolute atomic E-state index is 0.216. The maximum Gasteiger partial charge on any atom is 0.324 e. The lowest BCUT2D eigenvalue weighted by Gasteiger charge is -2.01. The summed E-state index contributed by atoms with van der Waals surface area (Å²) < 4.78 is 4.53. The zero-order valence-electron chi connectivity index (χ0n) is 10.7. The number of rotatable bonds is 6. The summed E-state index contributed by atoms with van der Waals surface area (Å²) in [6, 6.07) is 0. The van der Waals surface area contributed by atoms with E-state index < -0.39 is 17.7 Å². The molecule has 18 heavy (non-hydrogen) atoms. The number of hydrogen-bond acceptors (Lipinski definition) is 4. The third-order valence-electron chi connectivity index (χ3n) is 2.74. The van der Waals surface area contributed by atoms with Crippen LogP contribution >= 0.6 is 0 Å². The lowest BCUT2D eigenvalue weighted by molar-refractivity contribution is -0.144. The van der Waals surface area contributed by atoms with E-state index in [9.17, 15) is 14.4 Å². The van der Waals surface area contributed by atoms with E-state index in [0.29, 0.717) is 12.8 Å². The topological polar surface area (TPSA) is 60.4 Å². The molecule has 0 bridgehead atoms. The van der Waals surface area contributed by atoms with Gasteiger partial charge in [0.15, 0.2) is 24.1 Å². The predicted octanol–water partition coefficient (Wildman–Crippen LogP) is 1.66. The quantitative estimate of drug-likeness (QED) is 0.311. The number of ketones is 2. The van der Waals surface area contributed by atoms with Crippen LogP contribution in [-0.2, 0) is 19.1 Å². The summed E-state index contributed by atoms with van der Waals surface area (Å²) in [5.74, 6) is 3.40. The molecule has 1 aliphatic rings. The van der Waals surface area contributed by atoms with Crippen LogP contribution in [0.5, 0.6) is 0 Å². The summed E-state index contributed by atoms with van der Waals surface area (Å²) in [5, 5.41) is 0. The molecule has 0 aromatic heterocycles. The van der Waals surface area contributed by atoms with Crippen molar-refractivity contribution < 1.29 is 19.1 Å². The van der Waals surface area contributed by atoms with Gasteiger partial charge in [0.1, 0.15) is 0 Å². The first-order valence-electron chi connectivity index (χ1n) is 6.34. The lowest BCUT2D eigenvalue weighted by Crippen LogP contribution is -2.25. The van der Waals surface area contributed by atoms with Gasteiger partial charge in [0.2, 0.25) is 0 Å². The van der Waals surface area contributed by atoms with Crippen LogP contribution in [0.1, 0.15) is 45.4 Å². The standard InChI is InChI=1S/C14H18O4/c1-2-3-4-5-6-7-8-9-11(15)13-12(16)10-18-14(13)17/h13H,2-4,7-10H2,1H3. The van der Waals surface area contributed by atoms with E-state index in [1.54, 1.807) is 0 Å². The molecule has 98 valence electrons. The Bertz CT molecular complexity index is 370. The van der Waals surface area contributed by atoms with E-state index in [1.807, 2.05) is 0 Å². The first-order chi connectivity index (χ1) is 8.66. The fraction of sp³-hybridized carbons (Fsp3) is 0.643. The summed E-state index contributed by atoms with van der Waals surface area (Å²) in [6.07, 6.45) is 4.54. The fourth-order valence-corrected chi connectivity index (χ4v) is 1.69. The number of unbranched alkanes of at least 4 members (excludes halogenated alkanes) is 3. The lowest BCUT2D eigenvalue weighted by atomic mass is 9.97. The Morgan fingerprint density at radius 1 is 1.28 bits per heavy atom. The number of cyclic esters (lactones) is 1. The number of carbonyl (C=O) groups excluding carboxylic acids is 3. The maximum absolute atomic E-state index is 11.6. The molecular formula is C14H18O4. The minimum atomic E-state index is -1.17. The molecule has 1 fully saturated rings. The number of Topliss-reactive ketones (excluding diaryl/α,β-unsaturated/α-hetero) is 2. The number of hydrogen-bond donors (Lipinski definition) is 0. The van der Waals surface area contributed by atoms with Crippen molar-refractivity contribution in [3.63, 3.8) is 0 Å². The minimum Gasteiger partial charge on any atom is -0.457 e. The third kappa shape index (κ3) is 4.33. The van der Waals surface area contributed by atoms with Crippen molar-refractivity contribution in [1.82, 2.24) is 0 Å². The average Bonchev–Trinajstić information content (AvgIpc) is 2.68. The van der Waals surface area contributed by atoms with Crippen molar-refractivity contribution in [1.29, 1.82) is 0 Å². The molecule has 1 aliphatic heterocycles. The highest BCUT2D eigenvalue weighted by Crippen LogP contribution is 2.15. The van der Waals surface area contributed by atoms with Gasteiger partial charge in [-0.15, -0.1) is 11.8 Å². The highest BCUT2D eigenvalue weighted by Gasteiger charge is 2.40. The van der Waals surface area contributed by atoms with Gasteiger partial charge in [-0.2, -0.15) is 0 Å². The summed E-state index contributed by atoms with van der Waals surface area (Å²) in [6.45, 7) is 1.85. The van der Waals surface area contributed by atoms with Gasteiger partial charge in [0.05, 0.1) is 0 Å². The zero-order valence-corrected chi connectivity index (χ0v) is 10.7. The van der Waals surface area contributed by atoms with Gasteiger partial charge in [-0.3, -0.25) is 14.4 Å². The zero-order chi connectivity index (χ0) is 13.4. The Labute approximate surface area is 107 Å². The molecular weight excluding hydrogens is 232 g/mol. The molecule has 0 N–H and O–H groups in total. The van der Waals surface area contributed by atoms with Crippen LogP contribution in [0.15, 0.2) is 0 Å². The molecule has 0 saturated carbocycles. The molecule has 4 heteroatoms. The molecule has 0 aliphatic carbocycles. The Morgan fingerprint density at radius 3 is 2.50 bits per heavy atom. The molecule has 1 unspecified atom stereocenters. The van der Waals surface area contributed by atoms with E-state index in [0.717, 1.165) is 19.3 Å². The molecule has 1 rings (SSSR count).